The molecule has 0 saturated heterocycles. The van der Waals surface area contributed by atoms with Crippen LogP contribution in [0.15, 0.2) is 146 Å². The molecular formula is C46H33N3. The lowest BCUT2D eigenvalue weighted by molar-refractivity contribution is 1.32. The first kappa shape index (κ1) is 28.7. The van der Waals surface area contributed by atoms with Gasteiger partial charge in [0, 0.05) is 44.3 Å². The van der Waals surface area contributed by atoms with E-state index < -0.39 is 0 Å². The maximum atomic E-state index is 5.38. The van der Waals surface area contributed by atoms with E-state index in [0.717, 1.165) is 89.1 Å². The van der Waals surface area contributed by atoms with Gasteiger partial charge in [0.2, 0.25) is 0 Å². The average molecular weight is 628 g/mol. The number of benzene rings is 4. The first-order valence-corrected chi connectivity index (χ1v) is 16.7. The standard InChI is InChI=1S/C46H33N3/c1-30-17-19-34(20-18-30)46-41-26-24-38(48-41)44(32-13-7-3-8-14-32)36-22-21-35(29-36)43(31-11-5-2-6-12-31)37-23-25-39(47-37)45(33-15-9-4-10-16-33)40-27-28-42(46)49-40/h2-29,47-48H,1H3. The quantitative estimate of drug-likeness (QED) is 0.200. The van der Waals surface area contributed by atoms with Crippen molar-refractivity contribution in [3.8, 4) is 44.5 Å². The predicted octanol–water partition coefficient (Wildman–Crippen LogP) is 12.2. The Morgan fingerprint density at radius 2 is 0.735 bits per heavy atom. The normalized spacial score (nSPS) is 12.0. The summed E-state index contributed by atoms with van der Waals surface area (Å²) in [6.07, 6.45) is 8.81. The highest BCUT2D eigenvalue weighted by molar-refractivity contribution is 6.01. The fourth-order valence-corrected chi connectivity index (χ4v) is 7.14. The molecule has 3 aromatic heterocycles. The molecule has 2 aliphatic rings. The minimum Gasteiger partial charge on any atom is -0.354 e. The number of fused-ring (bicyclic) bond motifs is 8. The van der Waals surface area contributed by atoms with Gasteiger partial charge in [-0.1, -0.05) is 133 Å². The van der Waals surface area contributed by atoms with Crippen LogP contribution < -0.4 is 0 Å². The van der Waals surface area contributed by atoms with E-state index in [1.54, 1.807) is 0 Å². The summed E-state index contributed by atoms with van der Waals surface area (Å²) < 4.78 is 0. The fraction of sp³-hybridized carbons (Fsp3) is 0.0217. The van der Waals surface area contributed by atoms with E-state index >= 15 is 0 Å². The van der Waals surface area contributed by atoms with Gasteiger partial charge < -0.3 is 9.97 Å². The fourth-order valence-electron chi connectivity index (χ4n) is 7.14. The first-order chi connectivity index (χ1) is 24.2. The summed E-state index contributed by atoms with van der Waals surface area (Å²) in [6.45, 7) is 2.13. The van der Waals surface area contributed by atoms with Crippen molar-refractivity contribution in [2.75, 3.05) is 0 Å². The topological polar surface area (TPSA) is 44.5 Å². The lowest BCUT2D eigenvalue weighted by Gasteiger charge is -2.07. The monoisotopic (exact) mass is 627 g/mol. The SMILES string of the molecule is Cc1ccc(-c2c3nc(c(-c4ccccc4)c4ccc([nH]4)c(-c4ccccc4)c4cc(c(-c5ccccc5)c5ccc2[nH]5)C=C4)C=C3)cc1. The highest BCUT2D eigenvalue weighted by atomic mass is 14.8. The van der Waals surface area contributed by atoms with Gasteiger partial charge in [-0.15, -0.1) is 0 Å². The van der Waals surface area contributed by atoms with Crippen molar-refractivity contribution in [3.63, 3.8) is 0 Å². The number of nitrogens with one attached hydrogen (secondary N) is 2. The summed E-state index contributed by atoms with van der Waals surface area (Å²) in [5.74, 6) is 0. The zero-order valence-corrected chi connectivity index (χ0v) is 27.1. The minimum absolute atomic E-state index is 0.923. The number of aromatic nitrogens is 3. The Kier molecular flexibility index (Phi) is 7.02. The predicted molar refractivity (Wildman–Crippen MR) is 208 cm³/mol. The molecule has 3 heteroatoms. The number of rotatable bonds is 4. The Balaban J connectivity index is 1.48. The largest absolute Gasteiger partial charge is 0.354 e. The molecule has 0 amide bonds. The van der Waals surface area contributed by atoms with Crippen molar-refractivity contribution in [1.29, 1.82) is 0 Å². The molecule has 0 spiro atoms. The zero-order chi connectivity index (χ0) is 32.7. The second kappa shape index (κ2) is 12.0. The molecule has 0 radical (unpaired) electrons. The van der Waals surface area contributed by atoms with Gasteiger partial charge >= 0.3 is 0 Å². The van der Waals surface area contributed by atoms with Crippen LogP contribution in [0.5, 0.6) is 0 Å². The van der Waals surface area contributed by atoms with Crippen molar-refractivity contribution in [2.45, 2.75) is 6.92 Å². The molecule has 0 saturated carbocycles. The molecule has 1 aliphatic carbocycles. The minimum atomic E-state index is 0.923. The number of hydrogen-bond acceptors (Lipinski definition) is 1. The van der Waals surface area contributed by atoms with Gasteiger partial charge in [0.15, 0.2) is 0 Å². The summed E-state index contributed by atoms with van der Waals surface area (Å²) in [5, 5.41) is 0. The van der Waals surface area contributed by atoms with Crippen LogP contribution in [-0.2, 0) is 0 Å². The summed E-state index contributed by atoms with van der Waals surface area (Å²) in [5.41, 5.74) is 18.5. The first-order valence-electron chi connectivity index (χ1n) is 16.7. The Labute approximate surface area is 285 Å². The van der Waals surface area contributed by atoms with Gasteiger partial charge in [0.1, 0.15) is 0 Å². The molecule has 7 aromatic rings. The van der Waals surface area contributed by atoms with E-state index in [1.165, 1.54) is 5.56 Å². The molecule has 4 aromatic carbocycles. The van der Waals surface area contributed by atoms with Crippen LogP contribution in [-0.4, -0.2) is 15.0 Å². The van der Waals surface area contributed by atoms with Crippen molar-refractivity contribution in [1.82, 2.24) is 15.0 Å². The molecule has 0 fully saturated rings. The van der Waals surface area contributed by atoms with Crippen LogP contribution in [0.4, 0.5) is 0 Å². The van der Waals surface area contributed by atoms with Gasteiger partial charge in [0.25, 0.3) is 0 Å². The van der Waals surface area contributed by atoms with Crippen molar-refractivity contribution in [2.24, 2.45) is 0 Å². The van der Waals surface area contributed by atoms with E-state index in [0.29, 0.717) is 0 Å². The van der Waals surface area contributed by atoms with Gasteiger partial charge in [0.05, 0.1) is 11.4 Å². The lowest BCUT2D eigenvalue weighted by atomic mass is 10.00. The van der Waals surface area contributed by atoms with Crippen LogP contribution >= 0.6 is 0 Å². The van der Waals surface area contributed by atoms with E-state index in [1.807, 2.05) is 0 Å². The highest BCUT2D eigenvalue weighted by Gasteiger charge is 2.18. The van der Waals surface area contributed by atoms with E-state index in [4.69, 9.17) is 4.98 Å². The molecule has 8 bridgehead atoms. The third-order valence-electron chi connectivity index (χ3n) is 9.46. The zero-order valence-electron chi connectivity index (χ0n) is 27.1. The Morgan fingerprint density at radius 1 is 0.367 bits per heavy atom. The maximum absolute atomic E-state index is 5.38. The molecule has 4 heterocycles. The van der Waals surface area contributed by atoms with Crippen LogP contribution in [0.2, 0.25) is 0 Å². The highest BCUT2D eigenvalue weighted by Crippen LogP contribution is 2.39. The summed E-state index contributed by atoms with van der Waals surface area (Å²) >= 11 is 0. The van der Waals surface area contributed by atoms with Crippen LogP contribution in [0.1, 0.15) is 28.1 Å². The smallest absolute Gasteiger partial charge is 0.0737 e. The number of hydrogen-bond donors (Lipinski definition) is 2. The van der Waals surface area contributed by atoms with Crippen molar-refractivity contribution in [3.05, 3.63) is 174 Å². The maximum Gasteiger partial charge on any atom is 0.0737 e. The summed E-state index contributed by atoms with van der Waals surface area (Å²) in [6, 6.07) is 51.8. The molecule has 0 unspecified atom stereocenters. The van der Waals surface area contributed by atoms with E-state index in [9.17, 15) is 0 Å². The molecule has 3 nitrogen and oxygen atoms in total. The van der Waals surface area contributed by atoms with E-state index in [-0.39, 0.29) is 0 Å². The molecule has 1 aliphatic heterocycles. The van der Waals surface area contributed by atoms with Gasteiger partial charge in [-0.05, 0) is 82.8 Å². The summed E-state index contributed by atoms with van der Waals surface area (Å²) in [7, 11) is 0. The van der Waals surface area contributed by atoms with Crippen LogP contribution in [0.25, 0.3) is 90.9 Å². The molecule has 49 heavy (non-hydrogen) atoms. The third kappa shape index (κ3) is 5.22. The lowest BCUT2D eigenvalue weighted by Crippen LogP contribution is -1.88. The van der Waals surface area contributed by atoms with Crippen LogP contribution in [0.3, 0.4) is 0 Å². The van der Waals surface area contributed by atoms with Gasteiger partial charge in [-0.25, -0.2) is 4.98 Å². The Hall–Kier alpha value is -6.45. The van der Waals surface area contributed by atoms with Crippen molar-refractivity contribution < 1.29 is 0 Å². The molecule has 0 atom stereocenters. The second-order valence-electron chi connectivity index (χ2n) is 12.6. The Bertz CT molecular complexity index is 2530. The number of aryl methyl sites for hydroxylation is 1. The molecule has 232 valence electrons. The number of aromatic amines is 2. The molecule has 2 N–H and O–H groups in total. The molecule has 9 rings (SSSR count). The van der Waals surface area contributed by atoms with E-state index in [2.05, 4.69) is 187 Å². The van der Waals surface area contributed by atoms with Gasteiger partial charge in [-0.3, -0.25) is 0 Å². The summed E-state index contributed by atoms with van der Waals surface area (Å²) in [4.78, 5) is 13.1. The Morgan fingerprint density at radius 3 is 1.16 bits per heavy atom. The number of nitrogens with zero attached hydrogens (tertiary/aromatic N) is 1. The average Bonchev–Trinajstić information content (AvgIpc) is 3.98. The molecular weight excluding hydrogens is 595 g/mol. The van der Waals surface area contributed by atoms with Gasteiger partial charge in [-0.2, -0.15) is 0 Å². The van der Waals surface area contributed by atoms with Crippen LogP contribution in [0, 0.1) is 6.92 Å². The van der Waals surface area contributed by atoms with Crippen molar-refractivity contribution >= 4 is 46.4 Å². The second-order valence-corrected chi connectivity index (χ2v) is 12.6. The number of H-pyrrole nitrogens is 2. The third-order valence-corrected chi connectivity index (χ3v) is 9.46.